The third-order valence-corrected chi connectivity index (χ3v) is 5.30. The predicted molar refractivity (Wildman–Crippen MR) is 114 cm³/mol. The lowest BCUT2D eigenvalue weighted by Gasteiger charge is -2.17. The fourth-order valence-corrected chi connectivity index (χ4v) is 3.68. The lowest BCUT2D eigenvalue weighted by Crippen LogP contribution is -2.26. The van der Waals surface area contributed by atoms with E-state index in [1.807, 2.05) is 18.0 Å². The third kappa shape index (κ3) is 5.08. The van der Waals surface area contributed by atoms with Gasteiger partial charge in [0.25, 0.3) is 5.91 Å². The largest absolute Gasteiger partial charge is 0.492 e. The fraction of sp³-hybridized carbons (Fsp3) is 0.304. The molecule has 0 saturated carbocycles. The van der Waals surface area contributed by atoms with Gasteiger partial charge in [0.2, 0.25) is 0 Å². The van der Waals surface area contributed by atoms with Gasteiger partial charge in [0.15, 0.2) is 0 Å². The van der Waals surface area contributed by atoms with Crippen LogP contribution in [-0.2, 0) is 7.05 Å². The highest BCUT2D eigenvalue weighted by Gasteiger charge is 2.21. The summed E-state index contributed by atoms with van der Waals surface area (Å²) in [4.78, 5) is 14.5. The van der Waals surface area contributed by atoms with Gasteiger partial charge in [0.1, 0.15) is 24.3 Å². The highest BCUT2D eigenvalue weighted by molar-refractivity contribution is 6.04. The standard InChI is InChI=1S/C23H24F2N4O2/c1-28-21(7-9-26-28)20-14-19(27-23(30)16-3-2-4-17(24)13-16)5-6-22(20)31-12-11-29-10-8-18(25)15-29/h2-7,9,13-14,18H,8,10-12,15H2,1H3,(H,27,30). The van der Waals surface area contributed by atoms with Crippen molar-refractivity contribution in [3.63, 3.8) is 0 Å². The lowest BCUT2D eigenvalue weighted by molar-refractivity contribution is 0.102. The van der Waals surface area contributed by atoms with Gasteiger partial charge in [0, 0.05) is 49.7 Å². The van der Waals surface area contributed by atoms with Crippen LogP contribution < -0.4 is 10.1 Å². The molecule has 1 fully saturated rings. The maximum absolute atomic E-state index is 13.4. The second kappa shape index (κ2) is 9.26. The quantitative estimate of drug-likeness (QED) is 0.623. The average Bonchev–Trinajstić information content (AvgIpc) is 3.36. The van der Waals surface area contributed by atoms with Crippen molar-refractivity contribution in [1.82, 2.24) is 14.7 Å². The van der Waals surface area contributed by atoms with Crippen LogP contribution in [0.25, 0.3) is 11.3 Å². The van der Waals surface area contributed by atoms with Crippen LogP contribution in [0.4, 0.5) is 14.5 Å². The summed E-state index contributed by atoms with van der Waals surface area (Å²) in [6, 6.07) is 12.7. The van der Waals surface area contributed by atoms with Gasteiger partial charge in [-0.25, -0.2) is 8.78 Å². The van der Waals surface area contributed by atoms with Crippen LogP contribution in [0.2, 0.25) is 0 Å². The lowest BCUT2D eigenvalue weighted by atomic mass is 10.1. The van der Waals surface area contributed by atoms with E-state index in [2.05, 4.69) is 10.4 Å². The first-order chi connectivity index (χ1) is 15.0. The van der Waals surface area contributed by atoms with E-state index in [0.29, 0.717) is 37.6 Å². The van der Waals surface area contributed by atoms with Crippen molar-refractivity contribution in [1.29, 1.82) is 0 Å². The number of aromatic nitrogens is 2. The van der Waals surface area contributed by atoms with Crippen molar-refractivity contribution < 1.29 is 18.3 Å². The molecule has 1 saturated heterocycles. The monoisotopic (exact) mass is 426 g/mol. The number of benzene rings is 2. The number of likely N-dealkylation sites (tertiary alicyclic amines) is 1. The van der Waals surface area contributed by atoms with E-state index in [9.17, 15) is 13.6 Å². The number of nitrogens with one attached hydrogen (secondary N) is 1. The molecule has 162 valence electrons. The number of ether oxygens (including phenoxy) is 1. The fourth-order valence-electron chi connectivity index (χ4n) is 3.68. The molecule has 1 aromatic heterocycles. The van der Waals surface area contributed by atoms with Gasteiger partial charge in [-0.05, 0) is 48.9 Å². The minimum atomic E-state index is -0.758. The molecule has 1 atom stereocenters. The smallest absolute Gasteiger partial charge is 0.255 e. The number of carbonyl (C=O) groups excluding carboxylic acids is 1. The van der Waals surface area contributed by atoms with Gasteiger partial charge in [-0.15, -0.1) is 0 Å². The Morgan fingerprint density at radius 2 is 2.13 bits per heavy atom. The third-order valence-electron chi connectivity index (χ3n) is 5.30. The summed E-state index contributed by atoms with van der Waals surface area (Å²) in [5.74, 6) is -0.230. The van der Waals surface area contributed by atoms with Crippen LogP contribution >= 0.6 is 0 Å². The summed E-state index contributed by atoms with van der Waals surface area (Å²) in [5.41, 5.74) is 2.38. The molecule has 2 heterocycles. The Hall–Kier alpha value is -3.26. The van der Waals surface area contributed by atoms with Crippen LogP contribution in [0.3, 0.4) is 0 Å². The number of halogens is 2. The maximum atomic E-state index is 13.4. The number of aryl methyl sites for hydroxylation is 1. The van der Waals surface area contributed by atoms with Crippen molar-refractivity contribution in [3.8, 4) is 17.0 Å². The maximum Gasteiger partial charge on any atom is 0.255 e. The van der Waals surface area contributed by atoms with Gasteiger partial charge >= 0.3 is 0 Å². The molecule has 1 N–H and O–H groups in total. The van der Waals surface area contributed by atoms with Crippen molar-refractivity contribution in [2.45, 2.75) is 12.6 Å². The van der Waals surface area contributed by atoms with Crippen LogP contribution in [-0.4, -0.2) is 53.0 Å². The van der Waals surface area contributed by atoms with Crippen molar-refractivity contribution in [2.24, 2.45) is 7.05 Å². The molecule has 4 rings (SSSR count). The molecule has 2 aromatic carbocycles. The molecule has 1 aliphatic rings. The molecule has 6 nitrogen and oxygen atoms in total. The first-order valence-electron chi connectivity index (χ1n) is 10.2. The number of rotatable bonds is 7. The van der Waals surface area contributed by atoms with Crippen molar-refractivity contribution >= 4 is 11.6 Å². The molecule has 0 spiro atoms. The van der Waals surface area contributed by atoms with Gasteiger partial charge in [-0.3, -0.25) is 14.4 Å². The number of nitrogens with zero attached hydrogens (tertiary/aromatic N) is 3. The number of anilines is 1. The number of amides is 1. The van der Waals surface area contributed by atoms with Gasteiger partial charge in [0.05, 0.1) is 5.69 Å². The molecule has 3 aromatic rings. The Kier molecular flexibility index (Phi) is 6.27. The zero-order valence-electron chi connectivity index (χ0n) is 17.2. The molecule has 1 unspecified atom stereocenters. The van der Waals surface area contributed by atoms with E-state index in [1.54, 1.807) is 35.1 Å². The van der Waals surface area contributed by atoms with E-state index < -0.39 is 17.9 Å². The highest BCUT2D eigenvalue weighted by atomic mass is 19.1. The molecule has 0 bridgehead atoms. The van der Waals surface area contributed by atoms with E-state index >= 15 is 0 Å². The minimum Gasteiger partial charge on any atom is -0.492 e. The zero-order chi connectivity index (χ0) is 21.8. The van der Waals surface area contributed by atoms with E-state index in [0.717, 1.165) is 17.8 Å². The van der Waals surface area contributed by atoms with Gasteiger partial charge in [-0.1, -0.05) is 6.07 Å². The molecule has 1 aliphatic heterocycles. The minimum absolute atomic E-state index is 0.235. The molecule has 31 heavy (non-hydrogen) atoms. The molecule has 0 aliphatic carbocycles. The summed E-state index contributed by atoms with van der Waals surface area (Å²) in [5, 5.41) is 7.02. The summed E-state index contributed by atoms with van der Waals surface area (Å²) in [6.07, 6.45) is 1.49. The number of hydrogen-bond donors (Lipinski definition) is 1. The molecule has 0 radical (unpaired) electrons. The predicted octanol–water partition coefficient (Wildman–Crippen LogP) is 3.90. The van der Waals surface area contributed by atoms with Crippen LogP contribution in [0, 0.1) is 5.82 Å². The van der Waals surface area contributed by atoms with Crippen LogP contribution in [0.1, 0.15) is 16.8 Å². The summed E-state index contributed by atoms with van der Waals surface area (Å²) >= 11 is 0. The zero-order valence-corrected chi connectivity index (χ0v) is 17.2. The summed E-state index contributed by atoms with van der Waals surface area (Å²) < 4.78 is 34.5. The molecule has 1 amide bonds. The Bertz CT molecular complexity index is 1070. The SMILES string of the molecule is Cn1nccc1-c1cc(NC(=O)c2cccc(F)c2)ccc1OCCN1CCC(F)C1. The second-order valence-electron chi connectivity index (χ2n) is 7.55. The summed E-state index contributed by atoms with van der Waals surface area (Å²) in [7, 11) is 1.82. The van der Waals surface area contributed by atoms with E-state index in [4.69, 9.17) is 4.74 Å². The number of carbonyl (C=O) groups is 1. The van der Waals surface area contributed by atoms with Crippen LogP contribution in [0.5, 0.6) is 5.75 Å². The average molecular weight is 426 g/mol. The van der Waals surface area contributed by atoms with Crippen LogP contribution in [0.15, 0.2) is 54.7 Å². The van der Waals surface area contributed by atoms with Crippen molar-refractivity contribution in [3.05, 3.63) is 66.1 Å². The highest BCUT2D eigenvalue weighted by Crippen LogP contribution is 2.32. The van der Waals surface area contributed by atoms with Gasteiger partial charge < -0.3 is 10.1 Å². The first-order valence-corrected chi connectivity index (χ1v) is 10.2. The van der Waals surface area contributed by atoms with Gasteiger partial charge in [-0.2, -0.15) is 5.10 Å². The molecular weight excluding hydrogens is 402 g/mol. The Labute approximate surface area is 179 Å². The first kappa shape index (κ1) is 21.0. The Morgan fingerprint density at radius 1 is 1.26 bits per heavy atom. The Balaban J connectivity index is 1.52. The van der Waals surface area contributed by atoms with E-state index in [1.165, 1.54) is 18.2 Å². The normalized spacial score (nSPS) is 16.4. The van der Waals surface area contributed by atoms with E-state index in [-0.39, 0.29) is 5.56 Å². The number of alkyl halides is 1. The van der Waals surface area contributed by atoms with Crippen molar-refractivity contribution in [2.75, 3.05) is 31.6 Å². The topological polar surface area (TPSA) is 59.4 Å². The molecular formula is C23H24F2N4O2. The number of hydrogen-bond acceptors (Lipinski definition) is 4. The second-order valence-corrected chi connectivity index (χ2v) is 7.55. The Morgan fingerprint density at radius 3 is 2.84 bits per heavy atom. The summed E-state index contributed by atoms with van der Waals surface area (Å²) in [6.45, 7) is 2.25. The molecule has 8 heteroatoms.